The molecule has 0 saturated heterocycles. The molecule has 0 atom stereocenters. The monoisotopic (exact) mass is 1430 g/mol. The number of thiazole rings is 2. The van der Waals surface area contributed by atoms with Gasteiger partial charge in [0.1, 0.15) is 21.2 Å². The van der Waals surface area contributed by atoms with Crippen LogP contribution in [0.5, 0.6) is 0 Å². The molecule has 0 amide bonds. The van der Waals surface area contributed by atoms with Crippen molar-refractivity contribution in [2.24, 2.45) is 0 Å². The first kappa shape index (κ1) is 61.6. The lowest BCUT2D eigenvalue weighted by molar-refractivity contribution is 0.669. The highest BCUT2D eigenvalue weighted by Gasteiger charge is 2.24. The number of benzene rings is 14. The van der Waals surface area contributed by atoms with Gasteiger partial charge >= 0.3 is 0 Å². The Morgan fingerprint density at radius 1 is 0.245 bits per heavy atom. The lowest BCUT2D eigenvalue weighted by atomic mass is 9.99. The number of para-hydroxylation sites is 6. The molecule has 0 spiro atoms. The van der Waals surface area contributed by atoms with Crippen LogP contribution >= 0.6 is 45.3 Å². The largest absolute Gasteiger partial charge is 0.455 e. The summed E-state index contributed by atoms with van der Waals surface area (Å²) in [5.74, 6) is 3.68. The second-order valence-electron chi connectivity index (χ2n) is 26.0. The van der Waals surface area contributed by atoms with Gasteiger partial charge in [0.25, 0.3) is 0 Å². The molecular weight excluding hydrogens is 1380 g/mol. The van der Waals surface area contributed by atoms with Gasteiger partial charge in [-0.3, -0.25) is 4.57 Å². The molecule has 14 heteroatoms. The molecule has 496 valence electrons. The minimum absolute atomic E-state index is 0.573. The highest BCUT2D eigenvalue weighted by molar-refractivity contribution is 7.27. The van der Waals surface area contributed by atoms with E-state index in [1.807, 2.05) is 102 Å². The molecule has 0 radical (unpaired) electrons. The van der Waals surface area contributed by atoms with Crippen molar-refractivity contribution in [3.05, 3.63) is 322 Å². The minimum atomic E-state index is 0.573. The summed E-state index contributed by atoms with van der Waals surface area (Å²) in [5.41, 5.74) is 17.4. The summed E-state index contributed by atoms with van der Waals surface area (Å²) in [7, 11) is 0. The van der Waals surface area contributed by atoms with Crippen LogP contribution in [0.4, 0.5) is 0 Å². The van der Waals surface area contributed by atoms with Crippen molar-refractivity contribution in [1.82, 2.24) is 44.4 Å². The van der Waals surface area contributed by atoms with E-state index in [9.17, 15) is 0 Å². The highest BCUT2D eigenvalue weighted by Crippen LogP contribution is 2.48. The summed E-state index contributed by atoms with van der Waals surface area (Å²) in [6, 6.07) is 112. The number of fused-ring (bicyclic) bond motifs is 14. The van der Waals surface area contributed by atoms with Gasteiger partial charge in [0, 0.05) is 95.3 Å². The molecule has 14 aromatic carbocycles. The number of hydrogen-bond donors (Lipinski definition) is 0. The number of hydrogen-bond acceptors (Lipinski definition) is 13. The van der Waals surface area contributed by atoms with Crippen LogP contribution in [0, 0.1) is 0 Å². The maximum absolute atomic E-state index is 6.44. The van der Waals surface area contributed by atoms with Crippen molar-refractivity contribution in [2.45, 2.75) is 0 Å². The van der Waals surface area contributed by atoms with Gasteiger partial charge in [0.05, 0.1) is 37.0 Å². The van der Waals surface area contributed by atoms with E-state index in [-0.39, 0.29) is 0 Å². The average Bonchev–Trinajstić information content (AvgIpc) is 1.58. The van der Waals surface area contributed by atoms with E-state index in [0.29, 0.717) is 35.1 Å². The van der Waals surface area contributed by atoms with E-state index in [2.05, 4.69) is 235 Å². The van der Waals surface area contributed by atoms with Crippen LogP contribution in [0.15, 0.2) is 326 Å². The molecule has 10 nitrogen and oxygen atoms in total. The summed E-state index contributed by atoms with van der Waals surface area (Å²) in [6.45, 7) is 0. The normalized spacial score (nSPS) is 11.8. The number of thiophene rings is 2. The van der Waals surface area contributed by atoms with Crippen LogP contribution < -0.4 is 0 Å². The molecule has 0 aliphatic rings. The first-order valence-electron chi connectivity index (χ1n) is 34.9. The zero-order chi connectivity index (χ0) is 69.8. The molecule has 22 rings (SSSR count). The van der Waals surface area contributed by atoms with Gasteiger partial charge in [0.15, 0.2) is 29.1 Å². The predicted molar refractivity (Wildman–Crippen MR) is 442 cm³/mol. The van der Waals surface area contributed by atoms with Crippen LogP contribution in [0.1, 0.15) is 0 Å². The summed E-state index contributed by atoms with van der Waals surface area (Å²) >= 11 is 7.08. The Morgan fingerprint density at radius 2 is 0.651 bits per heavy atom. The number of furan rings is 1. The standard InChI is InChI=1S/C46H27N5S2.C46H26N4OS2/c1-2-13-28(14-3-1)43-48-44(50-46(49-43)51-37-23-7-4-17-32(37)33-18-5-8-24-38(33)51)35-21-12-26-40-41(35)34-20-11-19-31(42(34)52-40)29-15-10-16-30(27-29)45-47-36-22-6-9-25-39(36)53-45;1-2-11-28(12-3-1)43-48-44(50-45(49-43)35-18-9-15-32-31-13-4-6-20-37(31)51-41(32)35)34-17-10-22-39-40(34)33-16-8-14-30(42(33)52-39)27-23-25-29(26-24-27)46-47-36-19-5-7-21-38(36)53-46/h1-27H;1-26H. The molecule has 8 heterocycles. The van der Waals surface area contributed by atoms with Gasteiger partial charge in [-0.05, 0) is 89.0 Å². The quantitative estimate of drug-likeness (QED) is 0.132. The minimum Gasteiger partial charge on any atom is -0.455 e. The average molecular weight is 1430 g/mol. The topological polar surface area (TPSA) is 121 Å². The zero-order valence-corrected chi connectivity index (χ0v) is 59.4. The Labute approximate surface area is 621 Å². The summed E-state index contributed by atoms with van der Waals surface area (Å²) in [5, 5.41) is 11.1. The molecular formula is C92H53N9OS4. The molecule has 8 aromatic heterocycles. The maximum Gasteiger partial charge on any atom is 0.238 e. The molecule has 0 saturated carbocycles. The number of rotatable bonds is 10. The van der Waals surface area contributed by atoms with Crippen molar-refractivity contribution in [3.63, 3.8) is 0 Å². The van der Waals surface area contributed by atoms with E-state index in [4.69, 9.17) is 44.3 Å². The zero-order valence-electron chi connectivity index (χ0n) is 56.2. The first-order valence-corrected chi connectivity index (χ1v) is 38.1. The fourth-order valence-corrected chi connectivity index (χ4v) is 19.3. The second-order valence-corrected chi connectivity index (χ2v) is 30.2. The summed E-state index contributed by atoms with van der Waals surface area (Å²) < 4.78 is 15.8. The Hall–Kier alpha value is -13.1. The fourth-order valence-electron chi connectivity index (χ4n) is 14.8. The van der Waals surface area contributed by atoms with Gasteiger partial charge in [-0.25, -0.2) is 29.9 Å². The van der Waals surface area contributed by atoms with Crippen molar-refractivity contribution in [3.8, 4) is 106 Å². The Balaban J connectivity index is 0.000000136. The van der Waals surface area contributed by atoms with E-state index >= 15 is 0 Å². The van der Waals surface area contributed by atoms with Crippen molar-refractivity contribution < 1.29 is 4.42 Å². The molecule has 0 aliphatic carbocycles. The van der Waals surface area contributed by atoms with Gasteiger partial charge in [-0.1, -0.05) is 255 Å². The maximum atomic E-state index is 6.44. The highest BCUT2D eigenvalue weighted by atomic mass is 32.1. The smallest absolute Gasteiger partial charge is 0.238 e. The molecule has 0 N–H and O–H groups in total. The second kappa shape index (κ2) is 25.4. The van der Waals surface area contributed by atoms with Gasteiger partial charge in [0.2, 0.25) is 5.95 Å². The molecule has 22 aromatic rings. The lowest BCUT2D eigenvalue weighted by Crippen LogP contribution is -2.06. The van der Waals surface area contributed by atoms with Crippen LogP contribution in [0.25, 0.3) is 211 Å². The Kier molecular flexibility index (Phi) is 14.8. The predicted octanol–water partition coefficient (Wildman–Crippen LogP) is 25.7. The number of nitrogens with zero attached hydrogens (tertiary/aromatic N) is 9. The van der Waals surface area contributed by atoms with E-state index in [0.717, 1.165) is 115 Å². The third kappa shape index (κ3) is 10.6. The van der Waals surface area contributed by atoms with Crippen molar-refractivity contribution in [1.29, 1.82) is 0 Å². The number of aromatic nitrogens is 9. The summed E-state index contributed by atoms with van der Waals surface area (Å²) in [6.07, 6.45) is 0. The Morgan fingerprint density at radius 3 is 1.26 bits per heavy atom. The molecule has 0 bridgehead atoms. The van der Waals surface area contributed by atoms with E-state index in [1.165, 1.54) is 61.2 Å². The van der Waals surface area contributed by atoms with Crippen LogP contribution in [0.2, 0.25) is 0 Å². The lowest BCUT2D eigenvalue weighted by Gasteiger charge is -2.11. The van der Waals surface area contributed by atoms with Gasteiger partial charge in [-0.2, -0.15) is 9.97 Å². The summed E-state index contributed by atoms with van der Waals surface area (Å²) in [4.78, 5) is 40.9. The third-order valence-electron chi connectivity index (χ3n) is 19.7. The first-order chi connectivity index (χ1) is 52.5. The van der Waals surface area contributed by atoms with Crippen LogP contribution in [0.3, 0.4) is 0 Å². The van der Waals surface area contributed by atoms with Crippen LogP contribution in [-0.4, -0.2) is 44.4 Å². The SMILES string of the molecule is c1ccc(-c2nc(-c3cccc4c3oc3ccccc34)nc(-c3cccc4sc5c(-c6ccc(-c7nc8ccccc8s7)cc6)cccc5c34)n2)cc1.c1ccc(-c2nc(-c3cccc4sc5c(-c6cccc(-c7nc8ccccc8s7)c6)cccc5c34)nc(-n3c4ccccc4c4ccccc43)n2)cc1. The fraction of sp³-hybridized carbons (Fsp3) is 0. The Bertz CT molecular complexity index is 7120. The van der Waals surface area contributed by atoms with Crippen molar-refractivity contribution in [2.75, 3.05) is 0 Å². The van der Waals surface area contributed by atoms with Gasteiger partial charge < -0.3 is 4.42 Å². The van der Waals surface area contributed by atoms with Gasteiger partial charge in [-0.15, -0.1) is 45.3 Å². The molecule has 0 aliphatic heterocycles. The third-order valence-corrected chi connectivity index (χ3v) is 24.3. The van der Waals surface area contributed by atoms with Crippen molar-refractivity contribution >= 4 is 150 Å². The molecule has 0 fully saturated rings. The molecule has 106 heavy (non-hydrogen) atoms. The van der Waals surface area contributed by atoms with Crippen LogP contribution in [-0.2, 0) is 0 Å². The molecule has 0 unspecified atom stereocenters. The van der Waals surface area contributed by atoms with E-state index < -0.39 is 0 Å². The van der Waals surface area contributed by atoms with E-state index in [1.54, 1.807) is 34.0 Å².